The molecule has 30 heavy (non-hydrogen) atoms. The number of rotatable bonds is 9. The molecule has 1 N–H and O–H groups in total. The highest BCUT2D eigenvalue weighted by atomic mass is 32.2. The lowest BCUT2D eigenvalue weighted by Crippen LogP contribution is -2.23. The lowest BCUT2D eigenvalue weighted by Gasteiger charge is -2.15. The minimum Gasteiger partial charge on any atom is -0.493 e. The summed E-state index contributed by atoms with van der Waals surface area (Å²) in [4.78, 5) is 0.162. The Hall–Kier alpha value is -3.03. The molecule has 0 unspecified atom stereocenters. The average Bonchev–Trinajstić information content (AvgIpc) is 2.74. The molecule has 158 valence electrons. The molecule has 0 saturated heterocycles. The number of methoxy groups -OCH3 is 1. The van der Waals surface area contributed by atoms with Gasteiger partial charge in [0.2, 0.25) is 10.0 Å². The highest BCUT2D eigenvalue weighted by molar-refractivity contribution is 7.89. The minimum atomic E-state index is -3.67. The van der Waals surface area contributed by atoms with Crippen LogP contribution in [0.5, 0.6) is 23.0 Å². The molecule has 0 radical (unpaired) electrons. The van der Waals surface area contributed by atoms with Crippen LogP contribution >= 0.6 is 0 Å². The van der Waals surface area contributed by atoms with Gasteiger partial charge in [-0.05, 0) is 67.9 Å². The van der Waals surface area contributed by atoms with Gasteiger partial charge in [-0.25, -0.2) is 13.1 Å². The molecule has 0 spiro atoms. The summed E-state index contributed by atoms with van der Waals surface area (Å²) >= 11 is 0. The molecule has 0 atom stereocenters. The maximum atomic E-state index is 12.6. The second-order valence-corrected chi connectivity index (χ2v) is 8.63. The number of para-hydroxylation sites is 1. The highest BCUT2D eigenvalue weighted by Crippen LogP contribution is 2.29. The van der Waals surface area contributed by atoms with Crippen LogP contribution in [-0.4, -0.2) is 21.6 Å². The van der Waals surface area contributed by atoms with E-state index in [1.807, 2.05) is 44.2 Å². The van der Waals surface area contributed by atoms with Crippen LogP contribution in [-0.2, 0) is 16.6 Å². The van der Waals surface area contributed by atoms with Gasteiger partial charge in [0.1, 0.15) is 11.5 Å². The second kappa shape index (κ2) is 9.65. The van der Waals surface area contributed by atoms with Gasteiger partial charge in [0.15, 0.2) is 11.5 Å². The normalized spacial score (nSPS) is 11.3. The monoisotopic (exact) mass is 427 g/mol. The predicted octanol–water partition coefficient (Wildman–Crippen LogP) is 4.75. The first kappa shape index (κ1) is 21.7. The molecular formula is C23H25NO5S. The molecule has 0 aliphatic carbocycles. The lowest BCUT2D eigenvalue weighted by atomic mass is 10.2. The van der Waals surface area contributed by atoms with Gasteiger partial charge in [0.05, 0.1) is 18.1 Å². The number of benzene rings is 3. The first-order valence-electron chi connectivity index (χ1n) is 9.53. The molecule has 3 aromatic rings. The summed E-state index contributed by atoms with van der Waals surface area (Å²) in [5, 5.41) is 0. The van der Waals surface area contributed by atoms with Crippen molar-refractivity contribution in [1.82, 2.24) is 4.72 Å². The van der Waals surface area contributed by atoms with E-state index < -0.39 is 10.0 Å². The van der Waals surface area contributed by atoms with Crippen molar-refractivity contribution in [2.75, 3.05) is 7.11 Å². The van der Waals surface area contributed by atoms with E-state index in [1.54, 1.807) is 37.4 Å². The van der Waals surface area contributed by atoms with E-state index in [1.165, 1.54) is 12.1 Å². The van der Waals surface area contributed by atoms with Gasteiger partial charge in [-0.15, -0.1) is 0 Å². The molecular weight excluding hydrogens is 402 g/mol. The van der Waals surface area contributed by atoms with E-state index in [4.69, 9.17) is 14.2 Å². The minimum absolute atomic E-state index is 0.0112. The Labute approximate surface area is 177 Å². The van der Waals surface area contributed by atoms with Gasteiger partial charge >= 0.3 is 0 Å². The van der Waals surface area contributed by atoms with E-state index >= 15 is 0 Å². The average molecular weight is 428 g/mol. The number of sulfonamides is 1. The summed E-state index contributed by atoms with van der Waals surface area (Å²) in [6, 6.07) is 20.9. The first-order valence-corrected chi connectivity index (χ1v) is 11.0. The largest absolute Gasteiger partial charge is 0.493 e. The first-order chi connectivity index (χ1) is 14.4. The van der Waals surface area contributed by atoms with Gasteiger partial charge in [-0.1, -0.05) is 24.3 Å². The Morgan fingerprint density at radius 3 is 2.17 bits per heavy atom. The van der Waals surface area contributed by atoms with Crippen molar-refractivity contribution in [3.63, 3.8) is 0 Å². The zero-order valence-electron chi connectivity index (χ0n) is 17.2. The Balaban J connectivity index is 1.66. The van der Waals surface area contributed by atoms with E-state index in [0.717, 1.165) is 5.56 Å². The zero-order chi connectivity index (χ0) is 21.6. The Morgan fingerprint density at radius 1 is 0.867 bits per heavy atom. The number of nitrogens with one attached hydrogen (secondary N) is 1. The predicted molar refractivity (Wildman–Crippen MR) is 116 cm³/mol. The van der Waals surface area contributed by atoms with Crippen molar-refractivity contribution >= 4 is 10.0 Å². The van der Waals surface area contributed by atoms with Gasteiger partial charge in [0.25, 0.3) is 0 Å². The molecule has 0 fully saturated rings. The fourth-order valence-electron chi connectivity index (χ4n) is 2.75. The van der Waals surface area contributed by atoms with Crippen LogP contribution in [0.3, 0.4) is 0 Å². The van der Waals surface area contributed by atoms with Crippen LogP contribution in [0.2, 0.25) is 0 Å². The molecule has 0 aliphatic rings. The Morgan fingerprint density at radius 2 is 1.53 bits per heavy atom. The van der Waals surface area contributed by atoms with Crippen molar-refractivity contribution in [3.05, 3.63) is 78.4 Å². The van der Waals surface area contributed by atoms with Crippen LogP contribution in [0, 0.1) is 0 Å². The van der Waals surface area contributed by atoms with Gasteiger partial charge in [0, 0.05) is 6.54 Å². The lowest BCUT2D eigenvalue weighted by molar-refractivity contribution is 0.230. The van der Waals surface area contributed by atoms with Gasteiger partial charge in [-0.2, -0.15) is 0 Å². The van der Waals surface area contributed by atoms with Gasteiger partial charge < -0.3 is 14.2 Å². The Bertz CT molecular complexity index is 1060. The van der Waals surface area contributed by atoms with E-state index in [2.05, 4.69) is 4.72 Å². The molecule has 0 amide bonds. The number of hydrogen-bond acceptors (Lipinski definition) is 5. The SMILES string of the molecule is COc1cc(CNS(=O)(=O)c2ccc(Oc3ccccc3)cc2)ccc1OC(C)C. The van der Waals surface area contributed by atoms with Crippen molar-refractivity contribution in [2.24, 2.45) is 0 Å². The van der Waals surface area contributed by atoms with Crippen molar-refractivity contribution in [1.29, 1.82) is 0 Å². The molecule has 6 nitrogen and oxygen atoms in total. The maximum absolute atomic E-state index is 12.6. The molecule has 0 heterocycles. The summed E-state index contributed by atoms with van der Waals surface area (Å²) in [5.74, 6) is 2.42. The molecule has 0 aliphatic heterocycles. The molecule has 3 aromatic carbocycles. The third-order valence-corrected chi connectivity index (χ3v) is 5.59. The maximum Gasteiger partial charge on any atom is 0.240 e. The van der Waals surface area contributed by atoms with Crippen LogP contribution < -0.4 is 18.9 Å². The summed E-state index contributed by atoms with van der Waals surface area (Å²) < 4.78 is 44.6. The fourth-order valence-corrected chi connectivity index (χ4v) is 3.76. The van der Waals surface area contributed by atoms with Crippen LogP contribution in [0.25, 0.3) is 0 Å². The molecule has 0 saturated carbocycles. The number of hydrogen-bond donors (Lipinski definition) is 1. The van der Waals surface area contributed by atoms with Crippen molar-refractivity contribution in [3.8, 4) is 23.0 Å². The zero-order valence-corrected chi connectivity index (χ0v) is 18.0. The quantitative estimate of drug-likeness (QED) is 0.533. The number of ether oxygens (including phenoxy) is 3. The van der Waals surface area contributed by atoms with Crippen molar-refractivity contribution in [2.45, 2.75) is 31.4 Å². The summed E-state index contributed by atoms with van der Waals surface area (Å²) in [7, 11) is -2.12. The third kappa shape index (κ3) is 5.75. The van der Waals surface area contributed by atoms with Crippen molar-refractivity contribution < 1.29 is 22.6 Å². The van der Waals surface area contributed by atoms with Crippen LogP contribution in [0.15, 0.2) is 77.7 Å². The van der Waals surface area contributed by atoms with E-state index in [-0.39, 0.29) is 17.5 Å². The fraction of sp³-hybridized carbons (Fsp3) is 0.217. The third-order valence-electron chi connectivity index (χ3n) is 4.17. The van der Waals surface area contributed by atoms with Crippen LogP contribution in [0.1, 0.15) is 19.4 Å². The highest BCUT2D eigenvalue weighted by Gasteiger charge is 2.15. The van der Waals surface area contributed by atoms with E-state index in [9.17, 15) is 8.42 Å². The van der Waals surface area contributed by atoms with Gasteiger partial charge in [-0.3, -0.25) is 0 Å². The molecule has 0 bridgehead atoms. The molecule has 0 aromatic heterocycles. The second-order valence-electron chi connectivity index (χ2n) is 6.86. The summed E-state index contributed by atoms with van der Waals surface area (Å²) in [6.45, 7) is 3.98. The summed E-state index contributed by atoms with van der Waals surface area (Å²) in [6.07, 6.45) is 0.0112. The van der Waals surface area contributed by atoms with Crippen LogP contribution in [0.4, 0.5) is 0 Å². The molecule has 7 heteroatoms. The smallest absolute Gasteiger partial charge is 0.240 e. The molecule has 3 rings (SSSR count). The topological polar surface area (TPSA) is 73.9 Å². The standard InChI is InChI=1S/C23H25NO5S/c1-17(2)28-22-14-9-18(15-23(22)27-3)16-24-30(25,26)21-12-10-20(11-13-21)29-19-7-5-4-6-8-19/h4-15,17,24H,16H2,1-3H3. The van der Waals surface area contributed by atoms with E-state index in [0.29, 0.717) is 23.0 Å². The summed E-state index contributed by atoms with van der Waals surface area (Å²) in [5.41, 5.74) is 0.760. The Kier molecular flexibility index (Phi) is 6.97.